The molecule has 14 aromatic carbocycles. The molecule has 4 heteroatoms. The minimum atomic E-state index is -1.23. The van der Waals surface area contributed by atoms with E-state index in [-0.39, 0.29) is 55.6 Å². The van der Waals surface area contributed by atoms with Crippen molar-refractivity contribution in [2.24, 2.45) is 0 Å². The van der Waals surface area contributed by atoms with Crippen molar-refractivity contribution in [1.29, 1.82) is 0 Å². The van der Waals surface area contributed by atoms with Gasteiger partial charge in [0.1, 0.15) is 47.7 Å². The van der Waals surface area contributed by atoms with Crippen molar-refractivity contribution in [1.82, 2.24) is 0 Å². The Hall–Kier alpha value is -9.20. The average Bonchev–Trinajstić information content (AvgIpc) is 1.54. The molecule has 0 radical (unpaired) electrons. The number of hydrogen-bond acceptors (Lipinski definition) is 0. The van der Waals surface area contributed by atoms with Gasteiger partial charge in [-0.1, -0.05) is 279 Å². The van der Waals surface area contributed by atoms with Gasteiger partial charge in [0.25, 0.3) is 0 Å². The maximum Gasteiger partial charge on any atom is 1.00 e. The van der Waals surface area contributed by atoms with Crippen LogP contribution in [0.15, 0.2) is 364 Å². The molecular formula is C88H62Au2P2+2. The molecule has 0 unspecified atom stereocenters. The molecule has 2 aliphatic carbocycles. The molecule has 0 heterocycles. The molecule has 0 spiro atoms. The van der Waals surface area contributed by atoms with Crippen molar-refractivity contribution in [3.05, 3.63) is 432 Å². The second-order valence-electron chi connectivity index (χ2n) is 22.8. The number of fused-ring (bicyclic) bond motifs is 7. The standard InChI is InChI=1S/C34H26P2.2C27H17.2Au/c1-5-17-29(18-6-1)35(30-19-7-2-8-20-30)33-25-27-15-13-14-16-28(27)26-34(33)36(31-21-9-3-10-22-31)32-23-11-4-12-24-32;2*1-2-20-17-18-26-24(19-20)23-15-9-10-16-25(23)27(26,21-11-5-3-6-12-21)22-13-7-4-8-14-22;;/h1-26H;2*3-19H;;/q;2*-1;2*+1/p+2. The van der Waals surface area contributed by atoms with E-state index in [1.165, 1.54) is 109 Å². The maximum absolute atomic E-state index is 7.57. The molecule has 444 valence electrons. The summed E-state index contributed by atoms with van der Waals surface area (Å²) < 4.78 is 0. The van der Waals surface area contributed by atoms with Crippen LogP contribution in [-0.2, 0) is 55.6 Å². The summed E-state index contributed by atoms with van der Waals surface area (Å²) in [6.45, 7) is 0. The van der Waals surface area contributed by atoms with Gasteiger partial charge in [-0.15, -0.1) is 35.4 Å². The van der Waals surface area contributed by atoms with Gasteiger partial charge in [-0.2, -0.15) is 0 Å². The van der Waals surface area contributed by atoms with Crippen LogP contribution in [0.1, 0.15) is 55.6 Å². The third-order valence-electron chi connectivity index (χ3n) is 17.9. The van der Waals surface area contributed by atoms with Crippen molar-refractivity contribution in [2.45, 2.75) is 10.8 Å². The monoisotopic (exact) mass is 1570 g/mol. The first-order valence-corrected chi connectivity index (χ1v) is 33.6. The van der Waals surface area contributed by atoms with Crippen LogP contribution < -0.4 is 31.8 Å². The topological polar surface area (TPSA) is 0 Å². The molecule has 16 rings (SSSR count). The smallest absolute Gasteiger partial charge is 0.366 e. The summed E-state index contributed by atoms with van der Waals surface area (Å²) >= 11 is 0. The molecule has 2 aliphatic rings. The Bertz CT molecular complexity index is 4420. The first-order chi connectivity index (χ1) is 44.6. The van der Waals surface area contributed by atoms with E-state index in [9.17, 15) is 0 Å². The van der Waals surface area contributed by atoms with Crippen LogP contribution in [0.3, 0.4) is 0 Å². The predicted octanol–water partition coefficient (Wildman–Crippen LogP) is 17.8. The normalized spacial score (nSPS) is 12.3. The molecule has 0 aromatic heterocycles. The van der Waals surface area contributed by atoms with Gasteiger partial charge in [0.15, 0.2) is 0 Å². The van der Waals surface area contributed by atoms with E-state index >= 15 is 0 Å². The first kappa shape index (κ1) is 63.0. The van der Waals surface area contributed by atoms with Crippen LogP contribution in [0.5, 0.6) is 0 Å². The average molecular weight is 1580 g/mol. The van der Waals surface area contributed by atoms with E-state index < -0.39 is 15.8 Å². The Morgan fingerprint density at radius 1 is 0.228 bits per heavy atom. The van der Waals surface area contributed by atoms with Gasteiger partial charge < -0.3 is 12.8 Å². The fraction of sp³-hybridized carbons (Fsp3) is 0.0227. The molecule has 0 saturated heterocycles. The number of benzene rings is 14. The summed E-state index contributed by atoms with van der Waals surface area (Å²) in [4.78, 5) is 0. The molecule has 0 amide bonds. The summed E-state index contributed by atoms with van der Waals surface area (Å²) in [7, 11) is -2.46. The Labute approximate surface area is 575 Å². The molecule has 14 aromatic rings. The van der Waals surface area contributed by atoms with Crippen LogP contribution >= 0.6 is 15.8 Å². The van der Waals surface area contributed by atoms with E-state index in [2.05, 4.69) is 364 Å². The summed E-state index contributed by atoms with van der Waals surface area (Å²) in [6, 6.07) is 131. The van der Waals surface area contributed by atoms with E-state index in [4.69, 9.17) is 12.8 Å². The van der Waals surface area contributed by atoms with Gasteiger partial charge in [0.2, 0.25) is 0 Å². The second kappa shape index (κ2) is 28.5. The minimum Gasteiger partial charge on any atom is -0.366 e. The Kier molecular flexibility index (Phi) is 19.5. The zero-order chi connectivity index (χ0) is 60.7. The van der Waals surface area contributed by atoms with Crippen LogP contribution in [-0.4, -0.2) is 0 Å². The number of hydrogen-bond donors (Lipinski definition) is 0. The van der Waals surface area contributed by atoms with Crippen LogP contribution in [0.25, 0.3) is 33.0 Å². The fourth-order valence-corrected chi connectivity index (χ4v) is 20.1. The second-order valence-corrected chi connectivity index (χ2v) is 27.7. The Morgan fingerprint density at radius 2 is 0.467 bits per heavy atom. The van der Waals surface area contributed by atoms with E-state index in [1.807, 2.05) is 12.1 Å². The van der Waals surface area contributed by atoms with E-state index in [0.29, 0.717) is 0 Å². The van der Waals surface area contributed by atoms with Crippen molar-refractivity contribution in [2.75, 3.05) is 0 Å². The molecule has 0 N–H and O–H groups in total. The van der Waals surface area contributed by atoms with Crippen molar-refractivity contribution in [3.8, 4) is 34.1 Å². The predicted molar refractivity (Wildman–Crippen MR) is 384 cm³/mol. The molecule has 0 aliphatic heterocycles. The van der Waals surface area contributed by atoms with Gasteiger partial charge in [0.05, 0.1) is 10.8 Å². The van der Waals surface area contributed by atoms with Crippen LogP contribution in [0.4, 0.5) is 0 Å². The third-order valence-corrected chi connectivity index (χ3v) is 23.7. The Morgan fingerprint density at radius 3 is 0.750 bits per heavy atom. The summed E-state index contributed by atoms with van der Waals surface area (Å²) in [5, 5.41) is 11.3. The molecule has 92 heavy (non-hydrogen) atoms. The summed E-state index contributed by atoms with van der Waals surface area (Å²) in [5.74, 6) is 5.09. The first-order valence-electron chi connectivity index (χ1n) is 30.6. The van der Waals surface area contributed by atoms with E-state index in [0.717, 1.165) is 11.1 Å². The van der Waals surface area contributed by atoms with E-state index in [1.54, 1.807) is 0 Å². The SMILES string of the molecule is [Au+].[Au+].[C-]#Cc1ccc2c(c1)-c1ccccc1C2(c1ccccc1)c1ccccc1.[C-]#Cc1ccc2c(c1)-c1ccccc1C2(c1ccccc1)c1ccccc1.c1ccc([PH+](c2ccccc2)c2cc3ccccc3cc2[PH+](c2ccccc2)c2ccccc2)cc1. The van der Waals surface area contributed by atoms with Crippen LogP contribution in [0, 0.1) is 24.7 Å². The van der Waals surface area contributed by atoms with Crippen molar-refractivity contribution in [3.63, 3.8) is 0 Å². The van der Waals surface area contributed by atoms with Gasteiger partial charge in [-0.3, -0.25) is 11.8 Å². The zero-order valence-corrected chi connectivity index (χ0v) is 56.6. The fourth-order valence-electron chi connectivity index (χ4n) is 14.1. The summed E-state index contributed by atoms with van der Waals surface area (Å²) in [5.41, 5.74) is 15.9. The quantitative estimate of drug-likeness (QED) is 0.0554. The van der Waals surface area contributed by atoms with Gasteiger partial charge in [-0.25, -0.2) is 0 Å². The van der Waals surface area contributed by atoms with Gasteiger partial charge in [0, 0.05) is 0 Å². The number of rotatable bonds is 10. The van der Waals surface area contributed by atoms with Gasteiger partial charge >= 0.3 is 44.8 Å². The Balaban J connectivity index is 0.000000134. The molecule has 0 nitrogen and oxygen atoms in total. The summed E-state index contributed by atoms with van der Waals surface area (Å²) in [6.07, 6.45) is 15.1. The minimum absolute atomic E-state index is 0. The third kappa shape index (κ3) is 11.7. The molecule has 0 fully saturated rings. The largest absolute Gasteiger partial charge is 1.00 e. The zero-order valence-electron chi connectivity index (χ0n) is 50.2. The molecule has 0 bridgehead atoms. The van der Waals surface area contributed by atoms with Crippen LogP contribution in [0.2, 0.25) is 0 Å². The molecule has 0 saturated carbocycles. The van der Waals surface area contributed by atoms with Crippen molar-refractivity contribution >= 4 is 58.4 Å². The maximum atomic E-state index is 7.57. The molecule has 0 atom stereocenters. The van der Waals surface area contributed by atoms with Gasteiger partial charge in [-0.05, 0) is 138 Å². The molecular weight excluding hydrogens is 1510 g/mol. The van der Waals surface area contributed by atoms with Crippen molar-refractivity contribution < 1.29 is 44.8 Å².